The lowest BCUT2D eigenvalue weighted by atomic mass is 9.94. The molecule has 1 unspecified atom stereocenters. The Balaban J connectivity index is 1.72. The van der Waals surface area contributed by atoms with Gasteiger partial charge in [-0.25, -0.2) is 0 Å². The Labute approximate surface area is 85.3 Å². The van der Waals surface area contributed by atoms with Crippen LogP contribution in [-0.4, -0.2) is 18.5 Å². The molecule has 2 nitrogen and oxygen atoms in total. The predicted molar refractivity (Wildman–Crippen MR) is 55.1 cm³/mol. The Morgan fingerprint density at radius 2 is 2.36 bits per heavy atom. The van der Waals surface area contributed by atoms with Crippen LogP contribution < -0.4 is 0 Å². The summed E-state index contributed by atoms with van der Waals surface area (Å²) in [5.41, 5.74) is 1.47. The number of Topliss-reactive ketones (excluding diaryl/α,β-unsaturated/α-hetero) is 1. The van der Waals surface area contributed by atoms with Crippen molar-refractivity contribution in [2.45, 2.75) is 51.0 Å². The molecule has 1 aliphatic heterocycles. The van der Waals surface area contributed by atoms with E-state index in [-0.39, 0.29) is 0 Å². The summed E-state index contributed by atoms with van der Waals surface area (Å²) in [6.07, 6.45) is 9.78. The smallest absolute Gasteiger partial charge is 0.136 e. The first kappa shape index (κ1) is 9.91. The molecule has 0 aromatic rings. The van der Waals surface area contributed by atoms with Crippen LogP contribution in [0.15, 0.2) is 11.6 Å². The van der Waals surface area contributed by atoms with E-state index in [0.29, 0.717) is 18.3 Å². The molecule has 0 bridgehead atoms. The van der Waals surface area contributed by atoms with Gasteiger partial charge in [-0.1, -0.05) is 11.6 Å². The van der Waals surface area contributed by atoms with E-state index in [4.69, 9.17) is 4.74 Å². The second-order valence-corrected chi connectivity index (χ2v) is 4.28. The fourth-order valence-electron chi connectivity index (χ4n) is 2.21. The van der Waals surface area contributed by atoms with Crippen LogP contribution in [0.25, 0.3) is 0 Å². The van der Waals surface area contributed by atoms with Crippen molar-refractivity contribution in [3.05, 3.63) is 11.6 Å². The molecule has 2 rings (SSSR count). The minimum atomic E-state index is 0.394. The fraction of sp³-hybridized carbons (Fsp3) is 0.750. The van der Waals surface area contributed by atoms with E-state index in [1.165, 1.54) is 18.4 Å². The van der Waals surface area contributed by atoms with Gasteiger partial charge in [-0.05, 0) is 32.1 Å². The quantitative estimate of drug-likeness (QED) is 0.645. The van der Waals surface area contributed by atoms with Gasteiger partial charge in [-0.2, -0.15) is 0 Å². The van der Waals surface area contributed by atoms with Gasteiger partial charge in [0.05, 0.1) is 6.10 Å². The molecule has 0 aromatic heterocycles. The second kappa shape index (κ2) is 4.74. The molecule has 1 atom stereocenters. The van der Waals surface area contributed by atoms with E-state index in [2.05, 4.69) is 6.08 Å². The Morgan fingerprint density at radius 1 is 1.43 bits per heavy atom. The maximum Gasteiger partial charge on any atom is 0.136 e. The van der Waals surface area contributed by atoms with Crippen LogP contribution in [0.4, 0.5) is 0 Å². The van der Waals surface area contributed by atoms with Crippen molar-refractivity contribution < 1.29 is 9.53 Å². The minimum Gasteiger partial charge on any atom is -0.378 e. The Kier molecular flexibility index (Phi) is 3.35. The van der Waals surface area contributed by atoms with Crippen molar-refractivity contribution in [3.63, 3.8) is 0 Å². The topological polar surface area (TPSA) is 26.3 Å². The Hall–Kier alpha value is -0.630. The number of carbonyl (C=O) groups is 1. The molecule has 0 saturated carbocycles. The molecule has 1 saturated heterocycles. The van der Waals surface area contributed by atoms with Gasteiger partial charge in [0, 0.05) is 19.4 Å². The first-order valence-corrected chi connectivity index (χ1v) is 5.66. The van der Waals surface area contributed by atoms with E-state index >= 15 is 0 Å². The van der Waals surface area contributed by atoms with Crippen LogP contribution in [-0.2, 0) is 9.53 Å². The SMILES string of the molecule is O=C1CC=C(CCC2CCCO2)CC1. The normalized spacial score (nSPS) is 27.9. The van der Waals surface area contributed by atoms with E-state index < -0.39 is 0 Å². The van der Waals surface area contributed by atoms with E-state index in [0.717, 1.165) is 32.3 Å². The van der Waals surface area contributed by atoms with Crippen molar-refractivity contribution in [3.8, 4) is 0 Å². The monoisotopic (exact) mass is 194 g/mol. The number of hydrogen-bond donors (Lipinski definition) is 0. The van der Waals surface area contributed by atoms with Gasteiger partial charge in [-0.3, -0.25) is 4.79 Å². The maximum atomic E-state index is 11.0. The fourth-order valence-corrected chi connectivity index (χ4v) is 2.21. The summed E-state index contributed by atoms with van der Waals surface area (Å²) < 4.78 is 5.57. The van der Waals surface area contributed by atoms with Gasteiger partial charge >= 0.3 is 0 Å². The molecule has 0 amide bonds. The zero-order chi connectivity index (χ0) is 9.80. The van der Waals surface area contributed by atoms with Gasteiger partial charge in [0.25, 0.3) is 0 Å². The molecule has 0 spiro atoms. The molecule has 1 fully saturated rings. The number of allylic oxidation sites excluding steroid dienone is 2. The van der Waals surface area contributed by atoms with Gasteiger partial charge in [0.2, 0.25) is 0 Å². The Bertz CT molecular complexity index is 237. The third-order valence-electron chi connectivity index (χ3n) is 3.15. The van der Waals surface area contributed by atoms with Crippen LogP contribution in [0.3, 0.4) is 0 Å². The summed E-state index contributed by atoms with van der Waals surface area (Å²) in [6, 6.07) is 0. The van der Waals surface area contributed by atoms with Gasteiger partial charge in [0.15, 0.2) is 0 Å². The lowest BCUT2D eigenvalue weighted by Crippen LogP contribution is -2.08. The largest absolute Gasteiger partial charge is 0.378 e. The van der Waals surface area contributed by atoms with Gasteiger partial charge in [0.1, 0.15) is 5.78 Å². The van der Waals surface area contributed by atoms with Crippen LogP contribution >= 0.6 is 0 Å². The predicted octanol–water partition coefficient (Wildman–Crippen LogP) is 2.63. The van der Waals surface area contributed by atoms with Crippen LogP contribution in [0.2, 0.25) is 0 Å². The Morgan fingerprint density at radius 3 is 3.00 bits per heavy atom. The van der Waals surface area contributed by atoms with Crippen molar-refractivity contribution in [2.24, 2.45) is 0 Å². The standard InChI is InChI=1S/C12H18O2/c13-11-6-3-10(4-7-11)5-8-12-2-1-9-14-12/h3,12H,1-2,4-9H2. The number of hydrogen-bond acceptors (Lipinski definition) is 2. The number of carbonyl (C=O) groups excluding carboxylic acids is 1. The van der Waals surface area contributed by atoms with Crippen molar-refractivity contribution in [2.75, 3.05) is 6.61 Å². The van der Waals surface area contributed by atoms with Crippen molar-refractivity contribution in [1.29, 1.82) is 0 Å². The lowest BCUT2D eigenvalue weighted by molar-refractivity contribution is -0.118. The third-order valence-corrected chi connectivity index (χ3v) is 3.15. The molecule has 0 radical (unpaired) electrons. The van der Waals surface area contributed by atoms with Crippen LogP contribution in [0.1, 0.15) is 44.9 Å². The maximum absolute atomic E-state index is 11.0. The molecule has 0 N–H and O–H groups in total. The van der Waals surface area contributed by atoms with E-state index in [9.17, 15) is 4.79 Å². The van der Waals surface area contributed by atoms with Crippen LogP contribution in [0.5, 0.6) is 0 Å². The second-order valence-electron chi connectivity index (χ2n) is 4.28. The minimum absolute atomic E-state index is 0.394. The summed E-state index contributed by atoms with van der Waals surface area (Å²) in [4.78, 5) is 11.0. The zero-order valence-corrected chi connectivity index (χ0v) is 8.63. The number of rotatable bonds is 3. The molecule has 0 aromatic carbocycles. The highest BCUT2D eigenvalue weighted by molar-refractivity contribution is 5.81. The molecule has 1 heterocycles. The van der Waals surface area contributed by atoms with E-state index in [1.54, 1.807) is 0 Å². The highest BCUT2D eigenvalue weighted by Gasteiger charge is 2.17. The summed E-state index contributed by atoms with van der Waals surface area (Å²) in [7, 11) is 0. The molecule has 14 heavy (non-hydrogen) atoms. The van der Waals surface area contributed by atoms with Crippen LogP contribution in [0, 0.1) is 0 Å². The van der Waals surface area contributed by atoms with Gasteiger partial charge < -0.3 is 4.74 Å². The van der Waals surface area contributed by atoms with Crippen molar-refractivity contribution in [1.82, 2.24) is 0 Å². The molecular formula is C12H18O2. The van der Waals surface area contributed by atoms with E-state index in [1.807, 2.05) is 0 Å². The molecule has 78 valence electrons. The average molecular weight is 194 g/mol. The summed E-state index contributed by atoms with van der Waals surface area (Å²) >= 11 is 0. The molecule has 2 heteroatoms. The summed E-state index contributed by atoms with van der Waals surface area (Å²) in [6.45, 7) is 0.947. The highest BCUT2D eigenvalue weighted by Crippen LogP contribution is 2.24. The first-order chi connectivity index (χ1) is 6.84. The molecular weight excluding hydrogens is 176 g/mol. The van der Waals surface area contributed by atoms with Gasteiger partial charge in [-0.15, -0.1) is 0 Å². The number of ketones is 1. The molecule has 1 aliphatic carbocycles. The zero-order valence-electron chi connectivity index (χ0n) is 8.63. The third kappa shape index (κ3) is 2.68. The lowest BCUT2D eigenvalue weighted by Gasteiger charge is -2.14. The number of ether oxygens (including phenoxy) is 1. The molecule has 2 aliphatic rings. The average Bonchev–Trinajstić information content (AvgIpc) is 2.70. The summed E-state index contributed by atoms with van der Waals surface area (Å²) in [5.74, 6) is 0.394. The summed E-state index contributed by atoms with van der Waals surface area (Å²) in [5, 5.41) is 0. The van der Waals surface area contributed by atoms with Crippen molar-refractivity contribution >= 4 is 5.78 Å². The first-order valence-electron chi connectivity index (χ1n) is 5.66. The highest BCUT2D eigenvalue weighted by atomic mass is 16.5.